The summed E-state index contributed by atoms with van der Waals surface area (Å²) in [6, 6.07) is 5.30. The van der Waals surface area contributed by atoms with Gasteiger partial charge in [0.25, 0.3) is 0 Å². The Bertz CT molecular complexity index is 317. The van der Waals surface area contributed by atoms with Crippen molar-refractivity contribution in [3.8, 4) is 5.75 Å². The number of hydrogen-bond acceptors (Lipinski definition) is 4. The number of ether oxygens (including phenoxy) is 1. The first-order valence-electron chi connectivity index (χ1n) is 3.21. The zero-order chi connectivity index (χ0) is 9.19. The van der Waals surface area contributed by atoms with E-state index in [9.17, 15) is 14.4 Å². The maximum atomic E-state index is 10.5. The van der Waals surface area contributed by atoms with Gasteiger partial charge in [0.05, 0.1) is 7.11 Å². The van der Waals surface area contributed by atoms with E-state index < -0.39 is 7.60 Å². The fourth-order valence-corrected chi connectivity index (χ4v) is 1.28. The van der Waals surface area contributed by atoms with Gasteiger partial charge in [0.1, 0.15) is 5.75 Å². The summed E-state index contributed by atoms with van der Waals surface area (Å²) in [6.45, 7) is 0. The average Bonchev–Trinajstić information content (AvgIpc) is 2.03. The molecule has 0 spiro atoms. The van der Waals surface area contributed by atoms with Crippen LogP contribution in [0.4, 0.5) is 0 Å². The maximum absolute atomic E-state index is 10.5. The SMILES string of the molecule is COc1ccc(P(=O)([O-])[O-])cc1.[Cl-].[Cl-].[Mg+2].[Mg+2]. The molecule has 0 heterocycles. The molecule has 0 amide bonds. The Morgan fingerprint density at radius 3 is 1.69 bits per heavy atom. The topological polar surface area (TPSA) is 72.4 Å². The summed E-state index contributed by atoms with van der Waals surface area (Å²) >= 11 is 0. The maximum Gasteiger partial charge on any atom is 2.00 e. The van der Waals surface area contributed by atoms with Gasteiger partial charge in [-0.1, -0.05) is 12.1 Å². The van der Waals surface area contributed by atoms with Crippen LogP contribution in [0.15, 0.2) is 24.3 Å². The zero-order valence-corrected chi connectivity index (χ0v) is 13.8. The fraction of sp³-hybridized carbons (Fsp3) is 0.143. The van der Waals surface area contributed by atoms with Crippen molar-refractivity contribution >= 4 is 59.0 Å². The molecule has 0 atom stereocenters. The monoisotopic (exact) mass is 304 g/mol. The predicted octanol–water partition coefficient (Wildman–Crippen LogP) is -7.52. The van der Waals surface area contributed by atoms with Crippen molar-refractivity contribution in [3.05, 3.63) is 24.3 Å². The van der Waals surface area contributed by atoms with Crippen molar-refractivity contribution in [1.82, 2.24) is 0 Å². The first-order valence-corrected chi connectivity index (χ1v) is 4.75. The van der Waals surface area contributed by atoms with Crippen LogP contribution < -0.4 is 44.6 Å². The van der Waals surface area contributed by atoms with Gasteiger partial charge in [0.2, 0.25) is 0 Å². The molecule has 82 valence electrons. The van der Waals surface area contributed by atoms with E-state index in [1.807, 2.05) is 0 Å². The van der Waals surface area contributed by atoms with Gasteiger partial charge in [-0.15, -0.1) is 0 Å². The molecule has 0 aromatic heterocycles. The van der Waals surface area contributed by atoms with Crippen LogP contribution >= 0.6 is 7.60 Å². The largest absolute Gasteiger partial charge is 2.00 e. The Morgan fingerprint density at radius 1 is 1.06 bits per heavy atom. The van der Waals surface area contributed by atoms with Crippen LogP contribution in [0.25, 0.3) is 0 Å². The smallest absolute Gasteiger partial charge is 1.00 e. The summed E-state index contributed by atoms with van der Waals surface area (Å²) in [6.07, 6.45) is 0. The molecule has 0 saturated carbocycles. The van der Waals surface area contributed by atoms with Gasteiger partial charge in [-0.05, 0) is 25.0 Å². The van der Waals surface area contributed by atoms with E-state index in [4.69, 9.17) is 4.74 Å². The van der Waals surface area contributed by atoms with Gasteiger partial charge in [-0.25, -0.2) is 0 Å². The molecule has 0 saturated heterocycles. The molecule has 0 fully saturated rings. The summed E-state index contributed by atoms with van der Waals surface area (Å²) in [7, 11) is -3.14. The molecule has 4 nitrogen and oxygen atoms in total. The van der Waals surface area contributed by atoms with Crippen LogP contribution in [-0.2, 0) is 4.57 Å². The third-order valence-corrected chi connectivity index (χ3v) is 2.32. The second-order valence-corrected chi connectivity index (χ2v) is 3.71. The van der Waals surface area contributed by atoms with E-state index in [-0.39, 0.29) is 76.2 Å². The predicted molar refractivity (Wildman–Crippen MR) is 51.7 cm³/mol. The molecular weight excluding hydrogens is 299 g/mol. The number of halogens is 2. The van der Waals surface area contributed by atoms with Crippen LogP contribution in [0.5, 0.6) is 5.75 Å². The van der Waals surface area contributed by atoms with Gasteiger partial charge in [-0.3, -0.25) is 0 Å². The number of methoxy groups -OCH3 is 1. The van der Waals surface area contributed by atoms with Crippen LogP contribution in [0.2, 0.25) is 0 Å². The van der Waals surface area contributed by atoms with Crippen LogP contribution in [0.1, 0.15) is 0 Å². The van der Waals surface area contributed by atoms with E-state index >= 15 is 0 Å². The minimum atomic E-state index is -4.60. The molecule has 1 rings (SSSR count). The number of benzene rings is 1. The molecule has 0 radical (unpaired) electrons. The van der Waals surface area contributed by atoms with Crippen molar-refractivity contribution in [3.63, 3.8) is 0 Å². The second-order valence-electron chi connectivity index (χ2n) is 2.20. The first kappa shape index (κ1) is 26.0. The molecular formula is C7H7Cl2Mg2O4P. The Morgan fingerprint density at radius 2 is 1.44 bits per heavy atom. The number of hydrogen-bond donors (Lipinski definition) is 0. The Labute approximate surface area is 139 Å². The number of rotatable bonds is 2. The molecule has 0 bridgehead atoms. The van der Waals surface area contributed by atoms with Crippen molar-refractivity contribution in [2.75, 3.05) is 7.11 Å². The van der Waals surface area contributed by atoms with Crippen LogP contribution in [0, 0.1) is 0 Å². The average molecular weight is 306 g/mol. The normalized spacial score (nSPS) is 8.44. The minimum Gasteiger partial charge on any atom is -1.00 e. The Hall–Kier alpha value is 1.28. The molecule has 0 unspecified atom stereocenters. The van der Waals surface area contributed by atoms with Crippen molar-refractivity contribution in [1.29, 1.82) is 0 Å². The van der Waals surface area contributed by atoms with Crippen LogP contribution in [0.3, 0.4) is 0 Å². The zero-order valence-electron chi connectivity index (χ0n) is 8.56. The van der Waals surface area contributed by atoms with Crippen molar-refractivity contribution in [2.45, 2.75) is 0 Å². The van der Waals surface area contributed by atoms with Gasteiger partial charge >= 0.3 is 46.1 Å². The van der Waals surface area contributed by atoms with Crippen molar-refractivity contribution < 1.29 is 43.9 Å². The van der Waals surface area contributed by atoms with Crippen molar-refractivity contribution in [2.24, 2.45) is 0 Å². The quantitative estimate of drug-likeness (QED) is 0.402. The molecule has 16 heavy (non-hydrogen) atoms. The molecule has 0 N–H and O–H groups in total. The molecule has 0 aliphatic carbocycles. The van der Waals surface area contributed by atoms with Gasteiger partial charge in [-0.2, -0.15) is 0 Å². The van der Waals surface area contributed by atoms with E-state index in [0.717, 1.165) is 0 Å². The Kier molecular flexibility index (Phi) is 18.5. The van der Waals surface area contributed by atoms with Crippen LogP contribution in [-0.4, -0.2) is 53.2 Å². The first-order chi connectivity index (χ1) is 5.54. The van der Waals surface area contributed by atoms with E-state index in [1.54, 1.807) is 0 Å². The van der Waals surface area contributed by atoms with E-state index in [2.05, 4.69) is 0 Å². The Balaban J connectivity index is -0.000000180. The third kappa shape index (κ3) is 8.38. The summed E-state index contributed by atoms with van der Waals surface area (Å²) in [4.78, 5) is 20.9. The molecule has 1 aromatic carbocycles. The van der Waals surface area contributed by atoms with E-state index in [0.29, 0.717) is 5.75 Å². The summed E-state index contributed by atoms with van der Waals surface area (Å²) < 4.78 is 15.3. The van der Waals surface area contributed by atoms with Gasteiger partial charge < -0.3 is 43.9 Å². The summed E-state index contributed by atoms with van der Waals surface area (Å²) in [5.41, 5.74) is 0. The minimum absolute atomic E-state index is 0. The van der Waals surface area contributed by atoms with Gasteiger partial charge in [0, 0.05) is 0 Å². The molecule has 0 aliphatic heterocycles. The second kappa shape index (κ2) is 11.4. The van der Waals surface area contributed by atoms with Gasteiger partial charge in [0.15, 0.2) is 0 Å². The molecule has 0 aliphatic rings. The summed E-state index contributed by atoms with van der Waals surface area (Å²) in [5, 5.41) is -0.219. The molecule has 9 heteroatoms. The van der Waals surface area contributed by atoms with E-state index in [1.165, 1.54) is 31.4 Å². The fourth-order valence-electron chi connectivity index (χ4n) is 0.765. The summed E-state index contributed by atoms with van der Waals surface area (Å²) in [5.74, 6) is 0.521. The molecule has 1 aromatic rings. The third-order valence-electron chi connectivity index (χ3n) is 1.39. The standard InChI is InChI=1S/C7H9O4P.2ClH.2Mg/c1-11-6-2-4-7(5-3-6)12(8,9)10;;;;/h2-5H,1H3,(H2,8,9,10);2*1H;;/q;;;2*+2/p-4.